The lowest BCUT2D eigenvalue weighted by Gasteiger charge is -2.01. The summed E-state index contributed by atoms with van der Waals surface area (Å²) in [6.45, 7) is 0.970. The molecule has 4 heteroatoms. The summed E-state index contributed by atoms with van der Waals surface area (Å²) in [6.07, 6.45) is 1.05. The minimum Gasteiger partial charge on any atom is -0.436 e. The first-order valence-corrected chi connectivity index (χ1v) is 6.23. The zero-order chi connectivity index (χ0) is 12.8. The van der Waals surface area contributed by atoms with Gasteiger partial charge in [0.15, 0.2) is 5.58 Å². The largest absolute Gasteiger partial charge is 0.436 e. The highest BCUT2D eigenvalue weighted by Crippen LogP contribution is 2.30. The molecule has 2 aromatic carbocycles. The van der Waals surface area contributed by atoms with Gasteiger partial charge in [0.05, 0.1) is 0 Å². The maximum Gasteiger partial charge on any atom is 0.227 e. The molecule has 4 rings (SSSR count). The van der Waals surface area contributed by atoms with Crippen LogP contribution in [0.3, 0.4) is 0 Å². The first kappa shape index (κ1) is 10.6. The second-order valence-electron chi connectivity index (χ2n) is 4.68. The number of rotatable bonds is 1. The van der Waals surface area contributed by atoms with E-state index in [2.05, 4.69) is 16.4 Å². The maximum atomic E-state index is 13.1. The third-order valence-corrected chi connectivity index (χ3v) is 3.42. The number of hydrogen-bond acceptors (Lipinski definition) is 3. The summed E-state index contributed by atoms with van der Waals surface area (Å²) in [4.78, 5) is 4.33. The molecule has 1 aromatic heterocycles. The van der Waals surface area contributed by atoms with Crippen LogP contribution in [0.5, 0.6) is 0 Å². The topological polar surface area (TPSA) is 38.1 Å². The van der Waals surface area contributed by atoms with Gasteiger partial charge in [-0.2, -0.15) is 0 Å². The van der Waals surface area contributed by atoms with Crippen molar-refractivity contribution in [2.45, 2.75) is 6.42 Å². The van der Waals surface area contributed by atoms with Gasteiger partial charge in [0.25, 0.3) is 0 Å². The molecule has 1 aliphatic heterocycles. The fraction of sp³-hybridized carbons (Fsp3) is 0.133. The van der Waals surface area contributed by atoms with Gasteiger partial charge >= 0.3 is 0 Å². The molecule has 1 N–H and O–H groups in total. The van der Waals surface area contributed by atoms with Gasteiger partial charge in [-0.15, -0.1) is 0 Å². The molecule has 0 saturated carbocycles. The van der Waals surface area contributed by atoms with Crippen molar-refractivity contribution < 1.29 is 8.81 Å². The molecular weight excluding hydrogens is 243 g/mol. The molecule has 3 aromatic rings. The van der Waals surface area contributed by atoms with Crippen molar-refractivity contribution in [3.63, 3.8) is 0 Å². The van der Waals surface area contributed by atoms with Gasteiger partial charge < -0.3 is 9.73 Å². The van der Waals surface area contributed by atoms with Crippen molar-refractivity contribution in [1.82, 2.24) is 4.98 Å². The van der Waals surface area contributed by atoms with Crippen molar-refractivity contribution in [3.05, 3.63) is 47.8 Å². The molecule has 94 valence electrons. The molecule has 19 heavy (non-hydrogen) atoms. The molecule has 0 saturated heterocycles. The van der Waals surface area contributed by atoms with Gasteiger partial charge in [-0.1, -0.05) is 6.07 Å². The number of benzene rings is 2. The van der Waals surface area contributed by atoms with Gasteiger partial charge in [0.1, 0.15) is 11.3 Å². The fourth-order valence-corrected chi connectivity index (χ4v) is 2.45. The molecule has 0 unspecified atom stereocenters. The Morgan fingerprint density at radius 1 is 1.16 bits per heavy atom. The number of halogens is 1. The van der Waals surface area contributed by atoms with Crippen molar-refractivity contribution in [2.24, 2.45) is 0 Å². The summed E-state index contributed by atoms with van der Waals surface area (Å²) in [5.74, 6) is 0.222. The molecule has 0 fully saturated rings. The zero-order valence-electron chi connectivity index (χ0n) is 10.1. The molecular formula is C15H11FN2O. The van der Waals surface area contributed by atoms with Crippen LogP contribution in [-0.2, 0) is 6.42 Å². The van der Waals surface area contributed by atoms with Crippen LogP contribution in [0, 0.1) is 5.82 Å². The first-order valence-electron chi connectivity index (χ1n) is 6.23. The highest BCUT2D eigenvalue weighted by molar-refractivity contribution is 5.77. The van der Waals surface area contributed by atoms with Gasteiger partial charge in [0.2, 0.25) is 5.89 Å². The standard InChI is InChI=1S/C15H11FN2O/c16-11-3-4-14-13(8-11)18-15(19-14)10-2-1-9-5-6-17-12(9)7-10/h1-4,7-8,17H,5-6H2. The van der Waals surface area contributed by atoms with Gasteiger partial charge in [-0.25, -0.2) is 9.37 Å². The van der Waals surface area contributed by atoms with E-state index in [0.29, 0.717) is 17.0 Å². The normalized spacial score (nSPS) is 13.5. The molecule has 0 atom stereocenters. The molecule has 0 aliphatic carbocycles. The van der Waals surface area contributed by atoms with Crippen LogP contribution in [0.15, 0.2) is 40.8 Å². The first-order chi connectivity index (χ1) is 9.29. The minimum absolute atomic E-state index is 0.303. The number of fused-ring (bicyclic) bond motifs is 2. The summed E-state index contributed by atoms with van der Waals surface area (Å²) >= 11 is 0. The van der Waals surface area contributed by atoms with E-state index in [1.165, 1.54) is 17.7 Å². The molecule has 0 bridgehead atoms. The van der Waals surface area contributed by atoms with E-state index in [-0.39, 0.29) is 5.82 Å². The lowest BCUT2D eigenvalue weighted by Crippen LogP contribution is -1.91. The quantitative estimate of drug-likeness (QED) is 0.721. The molecule has 0 spiro atoms. The van der Waals surface area contributed by atoms with Crippen molar-refractivity contribution >= 4 is 16.8 Å². The highest BCUT2D eigenvalue weighted by atomic mass is 19.1. The van der Waals surface area contributed by atoms with Crippen molar-refractivity contribution in [3.8, 4) is 11.5 Å². The summed E-state index contributed by atoms with van der Waals surface area (Å²) in [7, 11) is 0. The summed E-state index contributed by atoms with van der Waals surface area (Å²) in [5.41, 5.74) is 4.50. The predicted molar refractivity (Wildman–Crippen MR) is 71.6 cm³/mol. The van der Waals surface area contributed by atoms with Crippen LogP contribution in [-0.4, -0.2) is 11.5 Å². The fourth-order valence-electron chi connectivity index (χ4n) is 2.45. The van der Waals surface area contributed by atoms with E-state index >= 15 is 0 Å². The Labute approximate surface area is 109 Å². The average molecular weight is 254 g/mol. The van der Waals surface area contributed by atoms with E-state index in [1.807, 2.05) is 12.1 Å². The van der Waals surface area contributed by atoms with Gasteiger partial charge in [0, 0.05) is 23.9 Å². The number of oxazole rings is 1. The van der Waals surface area contributed by atoms with E-state index in [4.69, 9.17) is 4.42 Å². The SMILES string of the molecule is Fc1ccc2oc(-c3ccc4c(c3)NCC4)nc2c1. The second-order valence-corrected chi connectivity index (χ2v) is 4.68. The second kappa shape index (κ2) is 3.82. The zero-order valence-corrected chi connectivity index (χ0v) is 10.1. The van der Waals surface area contributed by atoms with Crippen LogP contribution in [0.1, 0.15) is 5.56 Å². The Hall–Kier alpha value is -2.36. The third kappa shape index (κ3) is 1.68. The van der Waals surface area contributed by atoms with E-state index in [1.54, 1.807) is 6.07 Å². The van der Waals surface area contributed by atoms with Crippen molar-refractivity contribution in [1.29, 1.82) is 0 Å². The van der Waals surface area contributed by atoms with Crippen LogP contribution >= 0.6 is 0 Å². The third-order valence-electron chi connectivity index (χ3n) is 3.42. The Bertz CT molecular complexity index is 779. The number of nitrogens with one attached hydrogen (secondary N) is 1. The minimum atomic E-state index is -0.303. The molecule has 3 nitrogen and oxygen atoms in total. The lowest BCUT2D eigenvalue weighted by molar-refractivity contribution is 0.614. The van der Waals surface area contributed by atoms with Crippen LogP contribution < -0.4 is 5.32 Å². The van der Waals surface area contributed by atoms with Crippen LogP contribution in [0.2, 0.25) is 0 Å². The number of hydrogen-bond donors (Lipinski definition) is 1. The summed E-state index contributed by atoms with van der Waals surface area (Å²) < 4.78 is 18.8. The maximum absolute atomic E-state index is 13.1. The Morgan fingerprint density at radius 2 is 2.11 bits per heavy atom. The highest BCUT2D eigenvalue weighted by Gasteiger charge is 2.14. The summed E-state index contributed by atoms with van der Waals surface area (Å²) in [5, 5.41) is 3.32. The number of anilines is 1. The van der Waals surface area contributed by atoms with Crippen molar-refractivity contribution in [2.75, 3.05) is 11.9 Å². The van der Waals surface area contributed by atoms with Crippen LogP contribution in [0.25, 0.3) is 22.6 Å². The number of nitrogens with zero attached hydrogens (tertiary/aromatic N) is 1. The molecule has 0 radical (unpaired) electrons. The van der Waals surface area contributed by atoms with Gasteiger partial charge in [-0.05, 0) is 36.2 Å². The van der Waals surface area contributed by atoms with E-state index in [0.717, 1.165) is 24.2 Å². The van der Waals surface area contributed by atoms with Crippen LogP contribution in [0.4, 0.5) is 10.1 Å². The molecule has 2 heterocycles. The predicted octanol–water partition coefficient (Wildman–Crippen LogP) is 3.60. The molecule has 1 aliphatic rings. The Kier molecular flexibility index (Phi) is 2.12. The molecule has 0 amide bonds. The summed E-state index contributed by atoms with van der Waals surface area (Å²) in [6, 6.07) is 10.5. The van der Waals surface area contributed by atoms with E-state index in [9.17, 15) is 4.39 Å². The number of aromatic nitrogens is 1. The Morgan fingerprint density at radius 3 is 3.05 bits per heavy atom. The Balaban J connectivity index is 1.85. The van der Waals surface area contributed by atoms with Gasteiger partial charge in [-0.3, -0.25) is 0 Å². The monoisotopic (exact) mass is 254 g/mol. The average Bonchev–Trinajstić information content (AvgIpc) is 3.02. The smallest absolute Gasteiger partial charge is 0.227 e. The van der Waals surface area contributed by atoms with E-state index < -0.39 is 0 Å². The lowest BCUT2D eigenvalue weighted by atomic mass is 10.1.